The molecule has 0 aromatic rings. The van der Waals surface area contributed by atoms with Gasteiger partial charge in [-0.15, -0.1) is 0 Å². The van der Waals surface area contributed by atoms with Crippen molar-refractivity contribution in [2.45, 2.75) is 91.8 Å². The van der Waals surface area contributed by atoms with Gasteiger partial charge in [0.1, 0.15) is 17.7 Å². The lowest BCUT2D eigenvalue weighted by atomic mass is 9.81. The van der Waals surface area contributed by atoms with Crippen molar-refractivity contribution in [2.75, 3.05) is 6.54 Å². The Balaban J connectivity index is 2.50. The van der Waals surface area contributed by atoms with Crippen molar-refractivity contribution in [3.05, 3.63) is 0 Å². The first-order chi connectivity index (χ1) is 14.7. The Labute approximate surface area is 191 Å². The number of carboxylic acid groups (broad SMARTS) is 1. The zero-order chi connectivity index (χ0) is 24.6. The Morgan fingerprint density at radius 2 is 1.44 bits per heavy atom. The summed E-state index contributed by atoms with van der Waals surface area (Å²) in [6.07, 6.45) is 2.22. The summed E-state index contributed by atoms with van der Waals surface area (Å²) in [5, 5.41) is 17.5. The van der Waals surface area contributed by atoms with Crippen LogP contribution in [0.1, 0.15) is 74.1 Å². The molecule has 1 aliphatic carbocycles. The molecular formula is C23H41N3O6. The third-order valence-electron chi connectivity index (χ3n) is 5.63. The van der Waals surface area contributed by atoms with Gasteiger partial charge in [-0.25, -0.2) is 9.59 Å². The van der Waals surface area contributed by atoms with Crippen LogP contribution in [0, 0.1) is 23.7 Å². The normalized spacial score (nSPS) is 20.9. The molecule has 0 aliphatic heterocycles. The van der Waals surface area contributed by atoms with Crippen LogP contribution in [-0.2, 0) is 19.1 Å². The van der Waals surface area contributed by atoms with Crippen molar-refractivity contribution in [3.8, 4) is 0 Å². The number of carboxylic acids is 1. The van der Waals surface area contributed by atoms with E-state index < -0.39 is 29.7 Å². The van der Waals surface area contributed by atoms with Gasteiger partial charge >= 0.3 is 12.1 Å². The molecule has 1 saturated carbocycles. The van der Waals surface area contributed by atoms with E-state index in [1.165, 1.54) is 0 Å². The highest BCUT2D eigenvalue weighted by molar-refractivity contribution is 5.86. The Bertz CT molecular complexity index is 663. The van der Waals surface area contributed by atoms with Crippen LogP contribution in [-0.4, -0.2) is 53.2 Å². The number of ether oxygens (including phenoxy) is 1. The summed E-state index contributed by atoms with van der Waals surface area (Å²) in [5.74, 6) is -1.76. The monoisotopic (exact) mass is 455 g/mol. The van der Waals surface area contributed by atoms with Gasteiger partial charge in [0.2, 0.25) is 11.8 Å². The van der Waals surface area contributed by atoms with Crippen LogP contribution >= 0.6 is 0 Å². The number of hydrogen-bond acceptors (Lipinski definition) is 5. The molecule has 0 heterocycles. The molecule has 0 aromatic carbocycles. The van der Waals surface area contributed by atoms with Gasteiger partial charge in [-0.2, -0.15) is 0 Å². The molecule has 0 radical (unpaired) electrons. The maximum Gasteiger partial charge on any atom is 0.408 e. The van der Waals surface area contributed by atoms with Crippen LogP contribution in [0.25, 0.3) is 0 Å². The fraction of sp³-hybridized carbons (Fsp3) is 0.826. The zero-order valence-corrected chi connectivity index (χ0v) is 20.5. The molecule has 9 nitrogen and oxygen atoms in total. The van der Waals surface area contributed by atoms with E-state index in [4.69, 9.17) is 4.74 Å². The van der Waals surface area contributed by atoms with Gasteiger partial charge in [0.25, 0.3) is 0 Å². The third kappa shape index (κ3) is 9.44. The summed E-state index contributed by atoms with van der Waals surface area (Å²) in [6, 6.07) is -1.58. The first kappa shape index (κ1) is 27.7. The molecule has 1 aliphatic rings. The number of rotatable bonds is 9. The molecular weight excluding hydrogens is 414 g/mol. The number of amides is 3. The number of hydrogen-bond donors (Lipinski definition) is 4. The maximum absolute atomic E-state index is 12.6. The van der Waals surface area contributed by atoms with Crippen LogP contribution in [0.4, 0.5) is 4.79 Å². The fourth-order valence-corrected chi connectivity index (χ4v) is 3.74. The molecule has 32 heavy (non-hydrogen) atoms. The minimum Gasteiger partial charge on any atom is -0.480 e. The van der Waals surface area contributed by atoms with E-state index >= 15 is 0 Å². The molecule has 3 amide bonds. The summed E-state index contributed by atoms with van der Waals surface area (Å²) in [5.41, 5.74) is -0.646. The smallest absolute Gasteiger partial charge is 0.408 e. The van der Waals surface area contributed by atoms with Gasteiger partial charge in [-0.3, -0.25) is 9.59 Å². The number of nitrogens with one attached hydrogen (secondary N) is 3. The predicted octanol–water partition coefficient (Wildman–Crippen LogP) is 2.68. The maximum atomic E-state index is 12.6. The zero-order valence-electron chi connectivity index (χ0n) is 20.5. The van der Waals surface area contributed by atoms with Gasteiger partial charge in [0.15, 0.2) is 0 Å². The molecule has 184 valence electrons. The van der Waals surface area contributed by atoms with Crippen molar-refractivity contribution in [1.82, 2.24) is 16.0 Å². The predicted molar refractivity (Wildman–Crippen MR) is 121 cm³/mol. The molecule has 0 bridgehead atoms. The van der Waals surface area contributed by atoms with Gasteiger partial charge in [-0.05, 0) is 64.2 Å². The lowest BCUT2D eigenvalue weighted by Gasteiger charge is -2.30. The van der Waals surface area contributed by atoms with Crippen LogP contribution in [0.5, 0.6) is 0 Å². The van der Waals surface area contributed by atoms with Crippen LogP contribution in [0.2, 0.25) is 0 Å². The van der Waals surface area contributed by atoms with E-state index in [2.05, 4.69) is 16.0 Å². The summed E-state index contributed by atoms with van der Waals surface area (Å²) in [4.78, 5) is 48.5. The lowest BCUT2D eigenvalue weighted by molar-refractivity contribution is -0.144. The fourth-order valence-electron chi connectivity index (χ4n) is 3.74. The SMILES string of the molecule is CC(C)C(NC(=O)C1CCC(CNC(=O)C(NC(=O)OC(C)(C)C)C(C)C)CC1)C(=O)O. The average Bonchev–Trinajstić information content (AvgIpc) is 2.66. The summed E-state index contributed by atoms with van der Waals surface area (Å²) in [7, 11) is 0. The van der Waals surface area contributed by atoms with Gasteiger partial charge in [0.05, 0.1) is 0 Å². The molecule has 0 spiro atoms. The summed E-state index contributed by atoms with van der Waals surface area (Å²) >= 11 is 0. The minimum atomic E-state index is -1.02. The van der Waals surface area contributed by atoms with Gasteiger partial charge in [-0.1, -0.05) is 27.7 Å². The lowest BCUT2D eigenvalue weighted by Crippen LogP contribution is -2.51. The molecule has 2 atom stereocenters. The third-order valence-corrected chi connectivity index (χ3v) is 5.63. The average molecular weight is 456 g/mol. The van der Waals surface area contributed by atoms with E-state index in [0.717, 1.165) is 12.8 Å². The van der Waals surface area contributed by atoms with Crippen molar-refractivity contribution in [1.29, 1.82) is 0 Å². The Morgan fingerprint density at radius 3 is 1.88 bits per heavy atom. The number of carbonyl (C=O) groups excluding carboxylic acids is 3. The number of aliphatic carboxylic acids is 1. The van der Waals surface area contributed by atoms with Gasteiger partial charge in [0, 0.05) is 12.5 Å². The largest absolute Gasteiger partial charge is 0.480 e. The Kier molecular flexibility index (Phi) is 10.4. The first-order valence-corrected chi connectivity index (χ1v) is 11.5. The highest BCUT2D eigenvalue weighted by atomic mass is 16.6. The summed E-state index contributed by atoms with van der Waals surface area (Å²) in [6.45, 7) is 13.0. The second-order valence-electron chi connectivity index (χ2n) is 10.4. The first-order valence-electron chi connectivity index (χ1n) is 11.5. The van der Waals surface area contributed by atoms with E-state index in [1.54, 1.807) is 34.6 Å². The van der Waals surface area contributed by atoms with Crippen LogP contribution in [0.15, 0.2) is 0 Å². The molecule has 0 aromatic heterocycles. The van der Waals surface area contributed by atoms with E-state index in [0.29, 0.717) is 19.4 Å². The number of carbonyl (C=O) groups is 4. The molecule has 9 heteroatoms. The minimum absolute atomic E-state index is 0.106. The van der Waals surface area contributed by atoms with E-state index in [-0.39, 0.29) is 35.5 Å². The summed E-state index contributed by atoms with van der Waals surface area (Å²) < 4.78 is 5.25. The Morgan fingerprint density at radius 1 is 0.906 bits per heavy atom. The van der Waals surface area contributed by atoms with Gasteiger partial charge < -0.3 is 25.8 Å². The molecule has 0 saturated heterocycles. The van der Waals surface area contributed by atoms with Crippen LogP contribution < -0.4 is 16.0 Å². The molecule has 2 unspecified atom stereocenters. The topological polar surface area (TPSA) is 134 Å². The van der Waals surface area contributed by atoms with Crippen molar-refractivity contribution >= 4 is 23.9 Å². The highest BCUT2D eigenvalue weighted by Gasteiger charge is 2.32. The van der Waals surface area contributed by atoms with Crippen molar-refractivity contribution in [2.24, 2.45) is 23.7 Å². The molecule has 1 fully saturated rings. The van der Waals surface area contributed by atoms with E-state index in [1.807, 2.05) is 13.8 Å². The molecule has 1 rings (SSSR count). The van der Waals surface area contributed by atoms with Crippen LogP contribution in [0.3, 0.4) is 0 Å². The molecule has 4 N–H and O–H groups in total. The second kappa shape index (κ2) is 12.1. The van der Waals surface area contributed by atoms with Crippen molar-refractivity contribution in [3.63, 3.8) is 0 Å². The number of alkyl carbamates (subject to hydrolysis) is 1. The standard InChI is InChI=1S/C23H41N3O6/c1-13(2)17(26-22(31)32-23(5,6)7)20(28)24-12-15-8-10-16(11-9-15)19(27)25-18(14(3)4)21(29)30/h13-18H,8-12H2,1-7H3,(H,24,28)(H,25,27)(H,26,31)(H,29,30). The quantitative estimate of drug-likeness (QED) is 0.422. The second-order valence-corrected chi connectivity index (χ2v) is 10.4. The Hall–Kier alpha value is -2.32. The van der Waals surface area contributed by atoms with Crippen molar-refractivity contribution < 1.29 is 29.0 Å². The van der Waals surface area contributed by atoms with E-state index in [9.17, 15) is 24.3 Å². The highest BCUT2D eigenvalue weighted by Crippen LogP contribution is 2.29.